The lowest BCUT2D eigenvalue weighted by molar-refractivity contribution is -0.134. The molecule has 3 rings (SSSR count). The first-order valence-corrected chi connectivity index (χ1v) is 8.91. The van der Waals surface area contributed by atoms with Crippen molar-refractivity contribution in [3.63, 3.8) is 0 Å². The van der Waals surface area contributed by atoms with Gasteiger partial charge in [0.1, 0.15) is 0 Å². The number of amides is 2. The molecule has 0 radical (unpaired) electrons. The molecule has 1 N–H and O–H groups in total. The molecule has 0 aromatic carbocycles. The molecule has 6 nitrogen and oxygen atoms in total. The Labute approximate surface area is 143 Å². The van der Waals surface area contributed by atoms with Gasteiger partial charge in [0, 0.05) is 50.7 Å². The molecule has 24 heavy (non-hydrogen) atoms. The van der Waals surface area contributed by atoms with Crippen LogP contribution in [0.2, 0.25) is 0 Å². The first kappa shape index (κ1) is 16.9. The van der Waals surface area contributed by atoms with Crippen molar-refractivity contribution in [2.24, 2.45) is 5.92 Å². The van der Waals surface area contributed by atoms with Gasteiger partial charge in [0.25, 0.3) is 0 Å². The molecule has 0 spiro atoms. The maximum Gasteiger partial charge on any atom is 0.238 e. The van der Waals surface area contributed by atoms with E-state index < -0.39 is 0 Å². The molecule has 2 heterocycles. The lowest BCUT2D eigenvalue weighted by Gasteiger charge is -2.34. The monoisotopic (exact) mass is 330 g/mol. The second-order valence-corrected chi connectivity index (χ2v) is 6.80. The van der Waals surface area contributed by atoms with Gasteiger partial charge in [0.15, 0.2) is 0 Å². The molecule has 1 aliphatic carbocycles. The van der Waals surface area contributed by atoms with Gasteiger partial charge in [-0.2, -0.15) is 0 Å². The molecule has 1 aromatic rings. The Balaban J connectivity index is 1.38. The minimum absolute atomic E-state index is 0.0214. The summed E-state index contributed by atoms with van der Waals surface area (Å²) in [6.45, 7) is 3.36. The predicted octanol–water partition coefficient (Wildman–Crippen LogP) is 1.74. The summed E-state index contributed by atoms with van der Waals surface area (Å²) < 4.78 is 0. The van der Waals surface area contributed by atoms with Crippen LogP contribution in [-0.2, 0) is 9.59 Å². The molecule has 0 bridgehead atoms. The highest BCUT2D eigenvalue weighted by Gasteiger charge is 2.25. The summed E-state index contributed by atoms with van der Waals surface area (Å²) in [4.78, 5) is 32.4. The fourth-order valence-corrected chi connectivity index (χ4v) is 3.58. The molecule has 1 aromatic heterocycles. The largest absolute Gasteiger partial charge is 0.340 e. The smallest absolute Gasteiger partial charge is 0.238 e. The molecule has 1 aliphatic heterocycles. The van der Waals surface area contributed by atoms with Gasteiger partial charge >= 0.3 is 0 Å². The number of hydrogen-bond acceptors (Lipinski definition) is 4. The number of carbonyl (C=O) groups is 2. The van der Waals surface area contributed by atoms with Crippen LogP contribution < -0.4 is 5.32 Å². The number of pyridine rings is 1. The van der Waals surface area contributed by atoms with Crippen molar-refractivity contribution in [3.05, 3.63) is 24.5 Å². The summed E-state index contributed by atoms with van der Waals surface area (Å²) in [6, 6.07) is 3.55. The number of nitrogens with zero attached hydrogens (tertiary/aromatic N) is 3. The van der Waals surface area contributed by atoms with Crippen molar-refractivity contribution < 1.29 is 9.59 Å². The van der Waals surface area contributed by atoms with Crippen LogP contribution in [0.4, 0.5) is 5.69 Å². The Morgan fingerprint density at radius 2 is 1.75 bits per heavy atom. The number of aromatic nitrogens is 1. The van der Waals surface area contributed by atoms with Crippen LogP contribution in [0.3, 0.4) is 0 Å². The topological polar surface area (TPSA) is 65.5 Å². The van der Waals surface area contributed by atoms with Crippen molar-refractivity contribution in [3.8, 4) is 0 Å². The maximum absolute atomic E-state index is 12.3. The minimum atomic E-state index is -0.0214. The minimum Gasteiger partial charge on any atom is -0.340 e. The average molecular weight is 330 g/mol. The lowest BCUT2D eigenvalue weighted by atomic mass is 10.0. The van der Waals surface area contributed by atoms with Gasteiger partial charge in [-0.1, -0.05) is 12.8 Å². The van der Waals surface area contributed by atoms with Crippen LogP contribution >= 0.6 is 0 Å². The van der Waals surface area contributed by atoms with E-state index in [1.54, 1.807) is 24.5 Å². The Morgan fingerprint density at radius 1 is 1.08 bits per heavy atom. The number of hydrogen-bond donors (Lipinski definition) is 1. The molecule has 1 saturated carbocycles. The maximum atomic E-state index is 12.3. The third-order valence-electron chi connectivity index (χ3n) is 4.99. The highest BCUT2D eigenvalue weighted by molar-refractivity contribution is 5.92. The zero-order chi connectivity index (χ0) is 16.8. The third kappa shape index (κ3) is 4.77. The quantitative estimate of drug-likeness (QED) is 0.893. The number of carbonyl (C=O) groups excluding carboxylic acids is 2. The van der Waals surface area contributed by atoms with Crippen molar-refractivity contribution >= 4 is 17.5 Å². The van der Waals surface area contributed by atoms with Gasteiger partial charge in [0.05, 0.1) is 6.54 Å². The zero-order valence-corrected chi connectivity index (χ0v) is 14.1. The second kappa shape index (κ2) is 8.24. The fraction of sp³-hybridized carbons (Fsp3) is 0.611. The predicted molar refractivity (Wildman–Crippen MR) is 92.5 cm³/mol. The Hall–Kier alpha value is -1.95. The second-order valence-electron chi connectivity index (χ2n) is 6.80. The number of anilines is 1. The van der Waals surface area contributed by atoms with Gasteiger partial charge < -0.3 is 10.2 Å². The van der Waals surface area contributed by atoms with E-state index in [1.165, 1.54) is 25.7 Å². The van der Waals surface area contributed by atoms with E-state index in [0.717, 1.165) is 31.9 Å². The Morgan fingerprint density at radius 3 is 2.42 bits per heavy atom. The molecular weight excluding hydrogens is 304 g/mol. The van der Waals surface area contributed by atoms with E-state index in [9.17, 15) is 9.59 Å². The fourth-order valence-electron chi connectivity index (χ4n) is 3.58. The van der Waals surface area contributed by atoms with Crippen molar-refractivity contribution in [1.82, 2.24) is 14.8 Å². The lowest BCUT2D eigenvalue weighted by Crippen LogP contribution is -2.50. The van der Waals surface area contributed by atoms with E-state index in [1.807, 2.05) is 4.90 Å². The van der Waals surface area contributed by atoms with E-state index in [2.05, 4.69) is 15.2 Å². The zero-order valence-electron chi connectivity index (χ0n) is 14.1. The average Bonchev–Trinajstić information content (AvgIpc) is 3.09. The van der Waals surface area contributed by atoms with E-state index in [0.29, 0.717) is 24.8 Å². The summed E-state index contributed by atoms with van der Waals surface area (Å²) in [7, 11) is 0. The normalized spacial score (nSPS) is 19.4. The molecule has 130 valence electrons. The number of rotatable bonds is 5. The van der Waals surface area contributed by atoms with E-state index >= 15 is 0 Å². The van der Waals surface area contributed by atoms with Gasteiger partial charge in [-0.3, -0.25) is 19.5 Å². The number of piperazine rings is 1. The number of nitrogens with one attached hydrogen (secondary N) is 1. The molecule has 2 aliphatic rings. The van der Waals surface area contributed by atoms with Crippen LogP contribution in [-0.4, -0.2) is 59.3 Å². The van der Waals surface area contributed by atoms with Gasteiger partial charge in [-0.25, -0.2) is 0 Å². The van der Waals surface area contributed by atoms with Crippen molar-refractivity contribution in [1.29, 1.82) is 0 Å². The summed E-state index contributed by atoms with van der Waals surface area (Å²) in [5.74, 6) is 0.872. The Kier molecular flexibility index (Phi) is 5.80. The molecule has 1 saturated heterocycles. The van der Waals surface area contributed by atoms with Gasteiger partial charge in [0.2, 0.25) is 11.8 Å². The van der Waals surface area contributed by atoms with E-state index in [-0.39, 0.29) is 5.91 Å². The first-order valence-electron chi connectivity index (χ1n) is 8.91. The van der Waals surface area contributed by atoms with Crippen LogP contribution in [0.25, 0.3) is 0 Å². The third-order valence-corrected chi connectivity index (χ3v) is 4.99. The Bertz CT molecular complexity index is 549. The molecule has 2 fully saturated rings. The highest BCUT2D eigenvalue weighted by Crippen LogP contribution is 2.28. The highest BCUT2D eigenvalue weighted by atomic mass is 16.2. The van der Waals surface area contributed by atoms with Crippen LogP contribution in [0.5, 0.6) is 0 Å². The molecule has 6 heteroatoms. The first-order chi connectivity index (χ1) is 11.7. The molecule has 2 amide bonds. The standard InChI is InChI=1S/C18H26N4O2/c23-17(20-16-5-7-19-8-6-16)14-21-9-11-22(12-10-21)18(24)13-15-3-1-2-4-15/h5-8,15H,1-4,9-14H2,(H,19,20,23). The van der Waals surface area contributed by atoms with E-state index in [4.69, 9.17) is 0 Å². The molecule has 0 unspecified atom stereocenters. The van der Waals surface area contributed by atoms with Crippen LogP contribution in [0.15, 0.2) is 24.5 Å². The SMILES string of the molecule is O=C(CN1CCN(C(=O)CC2CCCC2)CC1)Nc1ccncc1. The molecular formula is C18H26N4O2. The van der Waals surface area contributed by atoms with Crippen molar-refractivity contribution in [2.75, 3.05) is 38.0 Å². The van der Waals surface area contributed by atoms with Crippen LogP contribution in [0, 0.1) is 5.92 Å². The molecule has 0 atom stereocenters. The van der Waals surface area contributed by atoms with Gasteiger partial charge in [-0.05, 0) is 30.9 Å². The summed E-state index contributed by atoms with van der Waals surface area (Å²) in [5.41, 5.74) is 0.764. The van der Waals surface area contributed by atoms with Crippen molar-refractivity contribution in [2.45, 2.75) is 32.1 Å². The summed E-state index contributed by atoms with van der Waals surface area (Å²) in [6.07, 6.45) is 9.00. The van der Waals surface area contributed by atoms with Gasteiger partial charge in [-0.15, -0.1) is 0 Å². The summed E-state index contributed by atoms with van der Waals surface area (Å²) in [5, 5.41) is 2.87. The summed E-state index contributed by atoms with van der Waals surface area (Å²) >= 11 is 0. The van der Waals surface area contributed by atoms with Crippen LogP contribution in [0.1, 0.15) is 32.1 Å².